The number of ether oxygens (including phenoxy) is 1. The molecule has 1 saturated carbocycles. The lowest BCUT2D eigenvalue weighted by molar-refractivity contribution is 0.164. The molecule has 94 valence electrons. The van der Waals surface area contributed by atoms with Crippen LogP contribution in [-0.2, 0) is 0 Å². The van der Waals surface area contributed by atoms with E-state index in [0.29, 0.717) is 6.10 Å². The molecular weight excluding hydrogens is 214 g/mol. The molecule has 3 nitrogen and oxygen atoms in total. The van der Waals surface area contributed by atoms with Gasteiger partial charge < -0.3 is 15.6 Å². The maximum absolute atomic E-state index is 9.42. The first-order valence-electron chi connectivity index (χ1n) is 6.37. The largest absolute Gasteiger partial charge is 0.490 e. The Hall–Kier alpha value is -1.06. The van der Waals surface area contributed by atoms with E-state index in [9.17, 15) is 5.11 Å². The van der Waals surface area contributed by atoms with Gasteiger partial charge in [-0.05, 0) is 50.3 Å². The zero-order valence-corrected chi connectivity index (χ0v) is 10.3. The Labute approximate surface area is 103 Å². The van der Waals surface area contributed by atoms with Crippen LogP contribution < -0.4 is 10.5 Å². The zero-order chi connectivity index (χ0) is 12.3. The third-order valence-corrected chi connectivity index (χ3v) is 3.39. The maximum Gasteiger partial charge on any atom is 0.119 e. The molecule has 0 unspecified atom stereocenters. The van der Waals surface area contributed by atoms with Gasteiger partial charge in [-0.15, -0.1) is 0 Å². The molecule has 0 spiro atoms. The third-order valence-electron chi connectivity index (χ3n) is 3.39. The fraction of sp³-hybridized carbons (Fsp3) is 0.571. The SMILES string of the molecule is C[C@H](O)[C@@H](N)c1ccc(OC2CCCC2)cc1. The second-order valence-electron chi connectivity index (χ2n) is 4.86. The van der Waals surface area contributed by atoms with Crippen molar-refractivity contribution in [3.05, 3.63) is 29.8 Å². The topological polar surface area (TPSA) is 55.5 Å². The molecule has 0 amide bonds. The van der Waals surface area contributed by atoms with Crippen molar-refractivity contribution in [1.82, 2.24) is 0 Å². The lowest BCUT2D eigenvalue weighted by Gasteiger charge is -2.17. The number of nitrogens with two attached hydrogens (primary N) is 1. The highest BCUT2D eigenvalue weighted by molar-refractivity contribution is 5.29. The van der Waals surface area contributed by atoms with Crippen LogP contribution in [0.5, 0.6) is 5.75 Å². The second kappa shape index (κ2) is 5.52. The number of benzene rings is 1. The van der Waals surface area contributed by atoms with Crippen molar-refractivity contribution in [2.75, 3.05) is 0 Å². The quantitative estimate of drug-likeness (QED) is 0.842. The van der Waals surface area contributed by atoms with Gasteiger partial charge in [0, 0.05) is 0 Å². The molecule has 1 aliphatic rings. The zero-order valence-electron chi connectivity index (χ0n) is 10.3. The first-order valence-corrected chi connectivity index (χ1v) is 6.37. The fourth-order valence-electron chi connectivity index (χ4n) is 2.25. The van der Waals surface area contributed by atoms with Gasteiger partial charge in [0.05, 0.1) is 18.2 Å². The summed E-state index contributed by atoms with van der Waals surface area (Å²) in [4.78, 5) is 0. The third kappa shape index (κ3) is 3.20. The summed E-state index contributed by atoms with van der Waals surface area (Å²) in [6.45, 7) is 1.70. The van der Waals surface area contributed by atoms with E-state index >= 15 is 0 Å². The Balaban J connectivity index is 1.97. The predicted octanol–water partition coefficient (Wildman–Crippen LogP) is 2.39. The van der Waals surface area contributed by atoms with Crippen molar-refractivity contribution in [3.63, 3.8) is 0 Å². The molecular formula is C14H21NO2. The average Bonchev–Trinajstić information content (AvgIpc) is 2.82. The highest BCUT2D eigenvalue weighted by Gasteiger charge is 2.17. The molecule has 1 aromatic carbocycles. The van der Waals surface area contributed by atoms with Gasteiger partial charge in [0.2, 0.25) is 0 Å². The lowest BCUT2D eigenvalue weighted by Crippen LogP contribution is -2.23. The Morgan fingerprint density at radius 2 is 1.82 bits per heavy atom. The molecule has 0 bridgehead atoms. The summed E-state index contributed by atoms with van der Waals surface area (Å²) in [5.41, 5.74) is 6.80. The van der Waals surface area contributed by atoms with E-state index in [2.05, 4.69) is 0 Å². The van der Waals surface area contributed by atoms with Crippen molar-refractivity contribution >= 4 is 0 Å². The van der Waals surface area contributed by atoms with E-state index in [1.165, 1.54) is 12.8 Å². The van der Waals surface area contributed by atoms with Gasteiger partial charge in [0.25, 0.3) is 0 Å². The summed E-state index contributed by atoms with van der Waals surface area (Å²) in [6.07, 6.45) is 4.72. The average molecular weight is 235 g/mol. The molecule has 1 aromatic rings. The summed E-state index contributed by atoms with van der Waals surface area (Å²) >= 11 is 0. The van der Waals surface area contributed by atoms with Crippen molar-refractivity contribution in [2.45, 2.75) is 50.9 Å². The van der Waals surface area contributed by atoms with E-state index in [1.54, 1.807) is 6.92 Å². The number of rotatable bonds is 4. The van der Waals surface area contributed by atoms with Crippen LogP contribution >= 0.6 is 0 Å². The minimum atomic E-state index is -0.531. The predicted molar refractivity (Wildman–Crippen MR) is 67.9 cm³/mol. The highest BCUT2D eigenvalue weighted by atomic mass is 16.5. The molecule has 3 N–H and O–H groups in total. The second-order valence-corrected chi connectivity index (χ2v) is 4.86. The van der Waals surface area contributed by atoms with Crippen LogP contribution in [0.2, 0.25) is 0 Å². The molecule has 0 heterocycles. The molecule has 3 heteroatoms. The normalized spacial score (nSPS) is 20.2. The first-order chi connectivity index (χ1) is 8.16. The number of aliphatic hydroxyl groups excluding tert-OH is 1. The molecule has 0 aromatic heterocycles. The molecule has 2 rings (SSSR count). The number of hydrogen-bond acceptors (Lipinski definition) is 3. The van der Waals surface area contributed by atoms with Crippen molar-refractivity contribution in [3.8, 4) is 5.75 Å². The minimum Gasteiger partial charge on any atom is -0.490 e. The highest BCUT2D eigenvalue weighted by Crippen LogP contribution is 2.25. The molecule has 0 aliphatic heterocycles. The first kappa shape index (κ1) is 12.4. The number of aliphatic hydroxyl groups is 1. The van der Waals surface area contributed by atoms with E-state index < -0.39 is 6.10 Å². The van der Waals surface area contributed by atoms with Crippen LogP contribution in [-0.4, -0.2) is 17.3 Å². The van der Waals surface area contributed by atoms with Crippen molar-refractivity contribution in [1.29, 1.82) is 0 Å². The molecule has 1 fully saturated rings. The van der Waals surface area contributed by atoms with Crippen molar-refractivity contribution < 1.29 is 9.84 Å². The van der Waals surface area contributed by atoms with E-state index in [-0.39, 0.29) is 6.04 Å². The molecule has 2 atom stereocenters. The van der Waals surface area contributed by atoms with Crippen LogP contribution in [0.4, 0.5) is 0 Å². The smallest absolute Gasteiger partial charge is 0.119 e. The van der Waals surface area contributed by atoms with Gasteiger partial charge in [-0.3, -0.25) is 0 Å². The van der Waals surface area contributed by atoms with Gasteiger partial charge in [0.1, 0.15) is 5.75 Å². The molecule has 0 radical (unpaired) electrons. The van der Waals surface area contributed by atoms with Crippen LogP contribution in [0.3, 0.4) is 0 Å². The van der Waals surface area contributed by atoms with E-state index in [0.717, 1.165) is 24.2 Å². The minimum absolute atomic E-state index is 0.324. The summed E-state index contributed by atoms with van der Waals surface area (Å²) in [6, 6.07) is 7.42. The molecule has 1 aliphatic carbocycles. The maximum atomic E-state index is 9.42. The monoisotopic (exact) mass is 235 g/mol. The Kier molecular flexibility index (Phi) is 4.02. The van der Waals surface area contributed by atoms with Crippen LogP contribution in [0.1, 0.15) is 44.2 Å². The number of hydrogen-bond donors (Lipinski definition) is 2. The summed E-state index contributed by atoms with van der Waals surface area (Å²) in [7, 11) is 0. The molecule has 0 saturated heterocycles. The Morgan fingerprint density at radius 3 is 2.35 bits per heavy atom. The standard InChI is InChI=1S/C14H21NO2/c1-10(16)14(15)11-6-8-13(9-7-11)17-12-4-2-3-5-12/h6-10,12,14,16H,2-5,15H2,1H3/t10-,14+/m0/s1. The Morgan fingerprint density at radius 1 is 1.24 bits per heavy atom. The fourth-order valence-corrected chi connectivity index (χ4v) is 2.25. The van der Waals surface area contributed by atoms with Gasteiger partial charge in [0.15, 0.2) is 0 Å². The lowest BCUT2D eigenvalue weighted by atomic mass is 10.0. The van der Waals surface area contributed by atoms with E-state index in [1.807, 2.05) is 24.3 Å². The molecule has 17 heavy (non-hydrogen) atoms. The summed E-state index contributed by atoms with van der Waals surface area (Å²) < 4.78 is 5.87. The summed E-state index contributed by atoms with van der Waals surface area (Å²) in [5.74, 6) is 0.901. The van der Waals surface area contributed by atoms with Gasteiger partial charge >= 0.3 is 0 Å². The van der Waals surface area contributed by atoms with Crippen LogP contribution in [0.25, 0.3) is 0 Å². The van der Waals surface area contributed by atoms with Crippen LogP contribution in [0.15, 0.2) is 24.3 Å². The van der Waals surface area contributed by atoms with E-state index in [4.69, 9.17) is 10.5 Å². The Bertz CT molecular complexity index is 342. The van der Waals surface area contributed by atoms with Gasteiger partial charge in [-0.25, -0.2) is 0 Å². The summed E-state index contributed by atoms with van der Waals surface area (Å²) in [5, 5.41) is 9.42. The van der Waals surface area contributed by atoms with Crippen molar-refractivity contribution in [2.24, 2.45) is 5.73 Å². The van der Waals surface area contributed by atoms with Crippen LogP contribution in [0, 0.1) is 0 Å². The van der Waals surface area contributed by atoms with Gasteiger partial charge in [-0.1, -0.05) is 12.1 Å². The van der Waals surface area contributed by atoms with Gasteiger partial charge in [-0.2, -0.15) is 0 Å².